The second-order valence-electron chi connectivity index (χ2n) is 6.18. The van der Waals surface area contributed by atoms with E-state index in [2.05, 4.69) is 46.6 Å². The van der Waals surface area contributed by atoms with Crippen molar-refractivity contribution in [2.45, 2.75) is 22.3 Å². The van der Waals surface area contributed by atoms with Crippen molar-refractivity contribution in [2.24, 2.45) is 5.29 Å². The van der Waals surface area contributed by atoms with E-state index in [0.717, 1.165) is 24.5 Å². The van der Waals surface area contributed by atoms with Gasteiger partial charge in [-0.15, -0.1) is 4.91 Å². The summed E-state index contributed by atoms with van der Waals surface area (Å²) in [7, 11) is 0. The number of benzene rings is 2. The van der Waals surface area contributed by atoms with Crippen LogP contribution in [0.25, 0.3) is 0 Å². The summed E-state index contributed by atoms with van der Waals surface area (Å²) < 4.78 is 0. The number of fused-ring (bicyclic) bond motifs is 2. The molecule has 2 heterocycles. The van der Waals surface area contributed by atoms with Gasteiger partial charge in [-0.3, -0.25) is 9.91 Å². The molecular weight excluding hydrogens is 342 g/mol. The van der Waals surface area contributed by atoms with Gasteiger partial charge in [0.1, 0.15) is 0 Å². The lowest BCUT2D eigenvalue weighted by Gasteiger charge is -2.37. The Kier molecular flexibility index (Phi) is 4.48. The van der Waals surface area contributed by atoms with Gasteiger partial charge in [0.05, 0.1) is 18.4 Å². The van der Waals surface area contributed by atoms with Crippen LogP contribution >= 0.6 is 23.4 Å². The van der Waals surface area contributed by atoms with Crippen LogP contribution < -0.4 is 0 Å². The zero-order chi connectivity index (χ0) is 16.5. The van der Waals surface area contributed by atoms with Crippen molar-refractivity contribution >= 4 is 23.4 Å². The summed E-state index contributed by atoms with van der Waals surface area (Å²) in [6, 6.07) is 15.1. The number of nitroso groups, excluding NO2 is 1. The van der Waals surface area contributed by atoms with Crippen LogP contribution in [0, 0.1) is 4.91 Å². The molecule has 0 bridgehead atoms. The Morgan fingerprint density at radius 3 is 2.62 bits per heavy atom. The summed E-state index contributed by atoms with van der Waals surface area (Å²) in [5.74, 6) is 0. The fraction of sp³-hybridized carbons (Fsp3) is 0.333. The van der Waals surface area contributed by atoms with Crippen LogP contribution in [-0.4, -0.2) is 36.1 Å². The first-order valence-electron chi connectivity index (χ1n) is 8.12. The Morgan fingerprint density at radius 2 is 1.83 bits per heavy atom. The topological polar surface area (TPSA) is 35.9 Å². The average Bonchev–Trinajstić information content (AvgIpc) is 2.78. The van der Waals surface area contributed by atoms with Crippen LogP contribution in [0.2, 0.25) is 5.02 Å². The van der Waals surface area contributed by atoms with Crippen LogP contribution in [0.1, 0.15) is 17.2 Å². The third kappa shape index (κ3) is 3.04. The molecule has 2 aliphatic rings. The van der Waals surface area contributed by atoms with E-state index >= 15 is 0 Å². The summed E-state index contributed by atoms with van der Waals surface area (Å²) in [5.41, 5.74) is 2.66. The Labute approximate surface area is 150 Å². The van der Waals surface area contributed by atoms with Crippen LogP contribution in [0.15, 0.2) is 57.5 Å². The molecular formula is C18H18ClN3OS. The molecule has 1 saturated heterocycles. The smallest absolute Gasteiger partial charge is 0.0524 e. The van der Waals surface area contributed by atoms with Gasteiger partial charge in [0.2, 0.25) is 0 Å². The Hall–Kier alpha value is -1.56. The Morgan fingerprint density at radius 1 is 1.04 bits per heavy atom. The molecule has 2 aromatic rings. The van der Waals surface area contributed by atoms with Crippen LogP contribution in [0.3, 0.4) is 0 Å². The molecule has 0 spiro atoms. The van der Waals surface area contributed by atoms with E-state index in [0.29, 0.717) is 13.1 Å². The highest BCUT2D eigenvalue weighted by Crippen LogP contribution is 2.43. The van der Waals surface area contributed by atoms with Crippen molar-refractivity contribution in [1.82, 2.24) is 9.91 Å². The van der Waals surface area contributed by atoms with Gasteiger partial charge in [-0.1, -0.05) is 41.6 Å². The van der Waals surface area contributed by atoms with Gasteiger partial charge >= 0.3 is 0 Å². The minimum atomic E-state index is 0.281. The van der Waals surface area contributed by atoms with Crippen molar-refractivity contribution < 1.29 is 0 Å². The number of hydrogen-bond donors (Lipinski definition) is 0. The zero-order valence-corrected chi connectivity index (χ0v) is 14.8. The highest BCUT2D eigenvalue weighted by atomic mass is 35.5. The van der Waals surface area contributed by atoms with Crippen LogP contribution in [0.4, 0.5) is 0 Å². The molecule has 0 amide bonds. The summed E-state index contributed by atoms with van der Waals surface area (Å²) in [6.45, 7) is 3.06. The molecule has 1 fully saturated rings. The largest absolute Gasteiger partial charge is 0.292 e. The molecule has 0 aromatic heterocycles. The second kappa shape index (κ2) is 6.75. The first kappa shape index (κ1) is 15.9. The fourth-order valence-electron chi connectivity index (χ4n) is 3.51. The highest BCUT2D eigenvalue weighted by Gasteiger charge is 2.30. The molecule has 4 rings (SSSR count). The zero-order valence-electron chi connectivity index (χ0n) is 13.2. The standard InChI is InChI=1S/C18H18ClN3OS/c19-14-5-6-18-15(12-14)16(21-7-9-22(20-23)10-8-21)11-13-3-1-2-4-17(13)24-18/h1-6,12,16H,7-11H2. The third-order valence-corrected chi connectivity index (χ3v) is 6.23. The first-order valence-corrected chi connectivity index (χ1v) is 9.31. The fourth-order valence-corrected chi connectivity index (χ4v) is 4.81. The van der Waals surface area contributed by atoms with Crippen molar-refractivity contribution in [3.05, 3.63) is 63.5 Å². The van der Waals surface area contributed by atoms with E-state index in [4.69, 9.17) is 11.6 Å². The lowest BCUT2D eigenvalue weighted by atomic mass is 9.97. The maximum absolute atomic E-state index is 10.7. The molecule has 2 aliphatic heterocycles. The Bertz CT molecular complexity index is 762. The first-order chi connectivity index (χ1) is 11.7. The molecule has 1 atom stereocenters. The predicted molar refractivity (Wildman–Crippen MR) is 97.4 cm³/mol. The molecule has 0 saturated carbocycles. The SMILES string of the molecule is O=NN1CCN(C2Cc3ccccc3Sc3ccc(Cl)cc32)CC1. The van der Waals surface area contributed by atoms with Gasteiger partial charge in [-0.2, -0.15) is 0 Å². The van der Waals surface area contributed by atoms with Crippen molar-refractivity contribution in [1.29, 1.82) is 0 Å². The van der Waals surface area contributed by atoms with Gasteiger partial charge in [0, 0.05) is 33.9 Å². The highest BCUT2D eigenvalue weighted by molar-refractivity contribution is 7.99. The van der Waals surface area contributed by atoms with Gasteiger partial charge < -0.3 is 0 Å². The molecule has 0 N–H and O–H groups in total. The molecule has 0 aliphatic carbocycles. The lowest BCUT2D eigenvalue weighted by Crippen LogP contribution is -2.46. The van der Waals surface area contributed by atoms with Crippen molar-refractivity contribution in [2.75, 3.05) is 26.2 Å². The summed E-state index contributed by atoms with van der Waals surface area (Å²) in [6.07, 6.45) is 0.963. The number of piperazine rings is 1. The minimum Gasteiger partial charge on any atom is -0.292 e. The molecule has 4 nitrogen and oxygen atoms in total. The van der Waals surface area contributed by atoms with Gasteiger partial charge in [0.15, 0.2) is 0 Å². The lowest BCUT2D eigenvalue weighted by molar-refractivity contribution is 0.0954. The maximum Gasteiger partial charge on any atom is 0.0524 e. The van der Waals surface area contributed by atoms with Gasteiger partial charge in [0.25, 0.3) is 0 Å². The van der Waals surface area contributed by atoms with Crippen molar-refractivity contribution in [3.63, 3.8) is 0 Å². The average molecular weight is 360 g/mol. The molecule has 2 aromatic carbocycles. The second-order valence-corrected chi connectivity index (χ2v) is 7.70. The number of hydrogen-bond acceptors (Lipinski definition) is 4. The maximum atomic E-state index is 10.7. The molecule has 1 unspecified atom stereocenters. The third-order valence-electron chi connectivity index (χ3n) is 4.78. The molecule has 0 radical (unpaired) electrons. The molecule has 124 valence electrons. The number of nitrogens with zero attached hydrogens (tertiary/aromatic N) is 3. The predicted octanol–water partition coefficient (Wildman–Crippen LogP) is 4.39. The quantitative estimate of drug-likeness (QED) is 0.745. The number of halogens is 1. The minimum absolute atomic E-state index is 0.281. The number of rotatable bonds is 2. The van der Waals surface area contributed by atoms with E-state index in [1.165, 1.54) is 20.9 Å². The monoisotopic (exact) mass is 359 g/mol. The van der Waals surface area contributed by atoms with E-state index in [1.54, 1.807) is 5.01 Å². The van der Waals surface area contributed by atoms with E-state index < -0.39 is 0 Å². The van der Waals surface area contributed by atoms with Gasteiger partial charge in [-0.05, 0) is 41.8 Å². The Balaban J connectivity index is 1.72. The molecule has 24 heavy (non-hydrogen) atoms. The van der Waals surface area contributed by atoms with E-state index in [9.17, 15) is 4.91 Å². The normalized spacial score (nSPS) is 20.9. The molecule has 6 heteroatoms. The van der Waals surface area contributed by atoms with Gasteiger partial charge in [-0.25, -0.2) is 0 Å². The summed E-state index contributed by atoms with van der Waals surface area (Å²) in [5, 5.41) is 5.45. The summed E-state index contributed by atoms with van der Waals surface area (Å²) >= 11 is 8.12. The van der Waals surface area contributed by atoms with Crippen molar-refractivity contribution in [3.8, 4) is 0 Å². The van der Waals surface area contributed by atoms with Crippen LogP contribution in [-0.2, 0) is 6.42 Å². The van der Waals surface area contributed by atoms with Crippen LogP contribution in [0.5, 0.6) is 0 Å². The van der Waals surface area contributed by atoms with E-state index in [-0.39, 0.29) is 6.04 Å². The summed E-state index contributed by atoms with van der Waals surface area (Å²) in [4.78, 5) is 15.8. The van der Waals surface area contributed by atoms with E-state index in [1.807, 2.05) is 17.8 Å².